The van der Waals surface area contributed by atoms with Crippen molar-refractivity contribution in [1.82, 2.24) is 4.98 Å². The third-order valence-electron chi connectivity index (χ3n) is 1.92. The number of hydrogen-bond donors (Lipinski definition) is 0. The number of aromatic nitrogens is 1. The van der Waals surface area contributed by atoms with Gasteiger partial charge in [0.2, 0.25) is 4.69 Å². The molecule has 4 heteroatoms. The van der Waals surface area contributed by atoms with Crippen molar-refractivity contribution in [1.29, 1.82) is 0 Å². The van der Waals surface area contributed by atoms with Crippen molar-refractivity contribution in [3.8, 4) is 0 Å². The predicted octanol–water partition coefficient (Wildman–Crippen LogP) is 3.53. The van der Waals surface area contributed by atoms with Crippen LogP contribution in [0.4, 0.5) is 0 Å². The normalized spacial score (nSPS) is 10.4. The molecule has 0 saturated heterocycles. The summed E-state index contributed by atoms with van der Waals surface area (Å²) < 4.78 is 0.618. The van der Waals surface area contributed by atoms with Crippen molar-refractivity contribution in [3.63, 3.8) is 0 Å². The lowest BCUT2D eigenvalue weighted by Crippen LogP contribution is -1.92. The smallest absolute Gasteiger partial charge is 0.230 e. The lowest BCUT2D eigenvalue weighted by atomic mass is 10.2. The average Bonchev–Trinajstić information content (AvgIpc) is 2.18. The quantitative estimate of drug-likeness (QED) is 0.754. The van der Waals surface area contributed by atoms with E-state index >= 15 is 0 Å². The standard InChI is InChI=1S/C10H5Br2NO/c11-9-6-3-1-2-4-8(6)13-5-7(9)10(12)14/h1-5H. The zero-order valence-electron chi connectivity index (χ0n) is 7.00. The van der Waals surface area contributed by atoms with Gasteiger partial charge in [0, 0.05) is 16.1 Å². The van der Waals surface area contributed by atoms with E-state index < -0.39 is 0 Å². The molecule has 2 rings (SSSR count). The summed E-state index contributed by atoms with van der Waals surface area (Å²) in [4.78, 5) is 15.3. The molecular weight excluding hydrogens is 310 g/mol. The Kier molecular flexibility index (Phi) is 2.65. The van der Waals surface area contributed by atoms with E-state index in [1.54, 1.807) is 6.20 Å². The molecular formula is C10H5Br2NO. The first-order chi connectivity index (χ1) is 6.70. The molecule has 1 aromatic carbocycles. The van der Waals surface area contributed by atoms with Crippen molar-refractivity contribution in [2.45, 2.75) is 0 Å². The number of fused-ring (bicyclic) bond motifs is 1. The summed E-state index contributed by atoms with van der Waals surface area (Å²) in [6.45, 7) is 0. The van der Waals surface area contributed by atoms with E-state index in [4.69, 9.17) is 0 Å². The second-order valence-electron chi connectivity index (χ2n) is 2.78. The van der Waals surface area contributed by atoms with Gasteiger partial charge >= 0.3 is 0 Å². The molecule has 1 aromatic heterocycles. The predicted molar refractivity (Wildman–Crippen MR) is 62.7 cm³/mol. The number of pyridine rings is 1. The fraction of sp³-hybridized carbons (Fsp3) is 0. The molecule has 0 unspecified atom stereocenters. The average molecular weight is 315 g/mol. The second kappa shape index (κ2) is 3.79. The Balaban J connectivity index is 2.81. The molecule has 14 heavy (non-hydrogen) atoms. The van der Waals surface area contributed by atoms with Crippen molar-refractivity contribution in [2.24, 2.45) is 0 Å². The Morgan fingerprint density at radius 1 is 1.29 bits per heavy atom. The van der Waals surface area contributed by atoms with Crippen LogP contribution in [0.1, 0.15) is 10.4 Å². The van der Waals surface area contributed by atoms with Gasteiger partial charge in [0.05, 0.1) is 11.1 Å². The highest BCUT2D eigenvalue weighted by atomic mass is 79.9. The van der Waals surface area contributed by atoms with Gasteiger partial charge < -0.3 is 0 Å². The Bertz CT molecular complexity index is 510. The van der Waals surface area contributed by atoms with Gasteiger partial charge in [0.25, 0.3) is 0 Å². The highest BCUT2D eigenvalue weighted by molar-refractivity contribution is 9.18. The number of hydrogen-bond acceptors (Lipinski definition) is 2. The zero-order chi connectivity index (χ0) is 10.1. The molecule has 2 aromatic rings. The highest BCUT2D eigenvalue weighted by Crippen LogP contribution is 2.27. The van der Waals surface area contributed by atoms with Gasteiger partial charge in [0.1, 0.15) is 0 Å². The number of rotatable bonds is 1. The summed E-state index contributed by atoms with van der Waals surface area (Å²) >= 11 is 6.30. The number of carbonyl (C=O) groups excluding carboxylic acids is 1. The molecule has 0 amide bonds. The molecule has 0 atom stereocenters. The van der Waals surface area contributed by atoms with Crippen molar-refractivity contribution in [3.05, 3.63) is 40.5 Å². The van der Waals surface area contributed by atoms with Gasteiger partial charge in [-0.1, -0.05) is 18.2 Å². The maximum atomic E-state index is 11.2. The van der Waals surface area contributed by atoms with Crippen LogP contribution in [0, 0.1) is 0 Å². The molecule has 2 nitrogen and oxygen atoms in total. The fourth-order valence-electron chi connectivity index (χ4n) is 1.24. The summed E-state index contributed by atoms with van der Waals surface area (Å²) in [6, 6.07) is 7.66. The van der Waals surface area contributed by atoms with Gasteiger partial charge in [-0.15, -0.1) is 0 Å². The number of para-hydroxylation sites is 1. The Hall–Kier alpha value is -0.740. The number of halogens is 2. The minimum absolute atomic E-state index is 0.164. The summed E-state index contributed by atoms with van der Waals surface area (Å²) in [5.41, 5.74) is 1.42. The third kappa shape index (κ3) is 1.60. The highest BCUT2D eigenvalue weighted by Gasteiger charge is 2.10. The van der Waals surface area contributed by atoms with Gasteiger partial charge in [-0.2, -0.15) is 0 Å². The molecule has 70 valence electrons. The second-order valence-corrected chi connectivity index (χ2v) is 4.29. The first kappa shape index (κ1) is 9.80. The Labute approximate surface area is 97.6 Å². The van der Waals surface area contributed by atoms with Crippen LogP contribution in [0.2, 0.25) is 0 Å². The van der Waals surface area contributed by atoms with Crippen LogP contribution in [0.25, 0.3) is 10.9 Å². The maximum Gasteiger partial charge on any atom is 0.230 e. The van der Waals surface area contributed by atoms with Crippen LogP contribution in [-0.4, -0.2) is 9.68 Å². The van der Waals surface area contributed by atoms with Crippen LogP contribution in [0.15, 0.2) is 34.9 Å². The van der Waals surface area contributed by atoms with Crippen molar-refractivity contribution < 1.29 is 4.79 Å². The molecule has 0 bridgehead atoms. The first-order valence-corrected chi connectivity index (χ1v) is 5.52. The SMILES string of the molecule is O=C(Br)c1cnc2ccccc2c1Br. The van der Waals surface area contributed by atoms with Crippen LogP contribution in [0.3, 0.4) is 0 Å². The molecule has 0 radical (unpaired) electrons. The van der Waals surface area contributed by atoms with Crippen LogP contribution < -0.4 is 0 Å². The summed E-state index contributed by atoms with van der Waals surface area (Å²) in [5.74, 6) is 0. The van der Waals surface area contributed by atoms with Crippen LogP contribution in [-0.2, 0) is 0 Å². The van der Waals surface area contributed by atoms with Gasteiger partial charge in [0.15, 0.2) is 0 Å². The van der Waals surface area contributed by atoms with Crippen LogP contribution in [0.5, 0.6) is 0 Å². The molecule has 0 aliphatic heterocycles. The molecule has 0 saturated carbocycles. The first-order valence-electron chi connectivity index (χ1n) is 3.93. The van der Waals surface area contributed by atoms with Gasteiger partial charge in [-0.25, -0.2) is 0 Å². The van der Waals surface area contributed by atoms with Crippen LogP contribution >= 0.6 is 31.9 Å². The summed E-state index contributed by atoms with van der Waals surface area (Å²) in [5, 5.41) is 0.942. The Morgan fingerprint density at radius 3 is 2.71 bits per heavy atom. The lowest BCUT2D eigenvalue weighted by Gasteiger charge is -2.02. The molecule has 0 aliphatic rings. The van der Waals surface area contributed by atoms with E-state index in [0.29, 0.717) is 5.56 Å². The minimum atomic E-state index is -0.164. The van der Waals surface area contributed by atoms with E-state index in [-0.39, 0.29) is 4.69 Å². The number of benzene rings is 1. The van der Waals surface area contributed by atoms with Crippen molar-refractivity contribution in [2.75, 3.05) is 0 Å². The Morgan fingerprint density at radius 2 is 2.00 bits per heavy atom. The molecule has 0 spiro atoms. The maximum absolute atomic E-state index is 11.2. The van der Waals surface area contributed by atoms with Crippen molar-refractivity contribution >= 4 is 47.5 Å². The number of carbonyl (C=O) groups is 1. The topological polar surface area (TPSA) is 30.0 Å². The third-order valence-corrected chi connectivity index (χ3v) is 3.20. The van der Waals surface area contributed by atoms with E-state index in [1.807, 2.05) is 24.3 Å². The summed E-state index contributed by atoms with van der Waals surface area (Å²) in [7, 11) is 0. The van der Waals surface area contributed by atoms with E-state index in [0.717, 1.165) is 15.4 Å². The number of nitrogens with zero attached hydrogens (tertiary/aromatic N) is 1. The van der Waals surface area contributed by atoms with Gasteiger partial charge in [-0.3, -0.25) is 9.78 Å². The zero-order valence-corrected chi connectivity index (χ0v) is 10.2. The van der Waals surface area contributed by atoms with Gasteiger partial charge in [-0.05, 0) is 37.9 Å². The molecule has 0 aliphatic carbocycles. The lowest BCUT2D eigenvalue weighted by molar-refractivity contribution is 0.109. The summed E-state index contributed by atoms with van der Waals surface area (Å²) in [6.07, 6.45) is 1.56. The molecule has 0 N–H and O–H groups in total. The van der Waals surface area contributed by atoms with E-state index in [2.05, 4.69) is 36.8 Å². The monoisotopic (exact) mass is 313 g/mol. The largest absolute Gasteiger partial charge is 0.281 e. The molecule has 1 heterocycles. The molecule has 0 fully saturated rings. The van der Waals surface area contributed by atoms with E-state index in [1.165, 1.54) is 0 Å². The van der Waals surface area contributed by atoms with E-state index in [9.17, 15) is 4.79 Å². The minimum Gasteiger partial charge on any atom is -0.281 e. The fourth-order valence-corrected chi connectivity index (χ4v) is 2.43.